The van der Waals surface area contributed by atoms with Crippen molar-refractivity contribution < 1.29 is 14.2 Å². The van der Waals surface area contributed by atoms with Gasteiger partial charge in [-0.25, -0.2) is 4.39 Å². The third-order valence-electron chi connectivity index (χ3n) is 4.54. The summed E-state index contributed by atoms with van der Waals surface area (Å²) >= 11 is 10.8. The van der Waals surface area contributed by atoms with Gasteiger partial charge in [0, 0.05) is 36.3 Å². The highest BCUT2D eigenvalue weighted by atomic mass is 35.5. The van der Waals surface area contributed by atoms with Crippen LogP contribution in [0.15, 0.2) is 57.6 Å². The lowest BCUT2D eigenvalue weighted by atomic mass is 9.85. The zero-order valence-electron chi connectivity index (χ0n) is 14.3. The molecule has 5 nitrogen and oxygen atoms in total. The maximum absolute atomic E-state index is 13.5. The van der Waals surface area contributed by atoms with Crippen molar-refractivity contribution in [3.05, 3.63) is 47.6 Å². The van der Waals surface area contributed by atoms with Crippen LogP contribution in [0.25, 0.3) is 0 Å². The van der Waals surface area contributed by atoms with Crippen LogP contribution in [0.1, 0.15) is 12.8 Å². The molecule has 0 spiro atoms. The number of nitrogens with zero attached hydrogens (tertiary/aromatic N) is 2. The SMILES string of the molecule is COC(O)C1=C(CS)NC(C2=NC=CCC2)=NC1C1C=CC(F)=CC1Cl. The van der Waals surface area contributed by atoms with Crippen LogP contribution in [0, 0.1) is 5.92 Å². The number of amidine groups is 1. The highest BCUT2D eigenvalue weighted by Gasteiger charge is 2.38. The van der Waals surface area contributed by atoms with E-state index in [-0.39, 0.29) is 11.7 Å². The first-order chi connectivity index (χ1) is 12.5. The van der Waals surface area contributed by atoms with Crippen LogP contribution in [0.2, 0.25) is 0 Å². The molecule has 0 aromatic rings. The summed E-state index contributed by atoms with van der Waals surface area (Å²) in [5.74, 6) is 0.265. The molecule has 0 saturated carbocycles. The van der Waals surface area contributed by atoms with E-state index in [1.165, 1.54) is 19.3 Å². The van der Waals surface area contributed by atoms with Gasteiger partial charge in [-0.05, 0) is 25.0 Å². The molecule has 2 N–H and O–H groups in total. The Morgan fingerprint density at radius 1 is 1.54 bits per heavy atom. The van der Waals surface area contributed by atoms with Crippen molar-refractivity contribution in [3.8, 4) is 0 Å². The maximum Gasteiger partial charge on any atom is 0.180 e. The van der Waals surface area contributed by atoms with Crippen LogP contribution in [-0.4, -0.2) is 47.2 Å². The molecule has 140 valence electrons. The predicted octanol–water partition coefficient (Wildman–Crippen LogP) is 2.90. The summed E-state index contributed by atoms with van der Waals surface area (Å²) in [5, 5.41) is 13.0. The molecule has 2 aliphatic heterocycles. The lowest BCUT2D eigenvalue weighted by molar-refractivity contribution is -0.0500. The van der Waals surface area contributed by atoms with Crippen LogP contribution < -0.4 is 5.32 Å². The largest absolute Gasteiger partial charge is 0.364 e. The van der Waals surface area contributed by atoms with Gasteiger partial charge in [-0.1, -0.05) is 12.2 Å². The molecule has 2 heterocycles. The number of hydrogen-bond donors (Lipinski definition) is 3. The Bertz CT molecular complexity index is 745. The summed E-state index contributed by atoms with van der Waals surface area (Å²) < 4.78 is 18.7. The number of aliphatic hydroxyl groups is 1. The first-order valence-electron chi connectivity index (χ1n) is 8.36. The third kappa shape index (κ3) is 3.96. The second-order valence-corrected chi connectivity index (χ2v) is 6.98. The van der Waals surface area contributed by atoms with E-state index >= 15 is 0 Å². The van der Waals surface area contributed by atoms with Gasteiger partial charge in [0.1, 0.15) is 11.7 Å². The molecule has 1 aliphatic carbocycles. The van der Waals surface area contributed by atoms with Gasteiger partial charge < -0.3 is 15.2 Å². The first-order valence-corrected chi connectivity index (χ1v) is 9.43. The number of halogens is 2. The van der Waals surface area contributed by atoms with E-state index in [1.54, 1.807) is 12.3 Å². The minimum atomic E-state index is -1.17. The Morgan fingerprint density at radius 2 is 2.35 bits per heavy atom. The number of ether oxygens (including phenoxy) is 1. The Hall–Kier alpha value is -1.41. The van der Waals surface area contributed by atoms with Crippen LogP contribution in [-0.2, 0) is 4.74 Å². The third-order valence-corrected chi connectivity index (χ3v) is 5.27. The van der Waals surface area contributed by atoms with Crippen molar-refractivity contribution in [1.29, 1.82) is 0 Å². The second-order valence-electron chi connectivity index (χ2n) is 6.16. The van der Waals surface area contributed by atoms with E-state index in [0.717, 1.165) is 18.6 Å². The van der Waals surface area contributed by atoms with Crippen molar-refractivity contribution in [2.24, 2.45) is 15.9 Å². The number of methoxy groups -OCH3 is 1. The van der Waals surface area contributed by atoms with Gasteiger partial charge in [0.2, 0.25) is 0 Å². The number of rotatable bonds is 5. The van der Waals surface area contributed by atoms with Gasteiger partial charge in [-0.3, -0.25) is 9.98 Å². The van der Waals surface area contributed by atoms with E-state index < -0.39 is 17.7 Å². The molecule has 26 heavy (non-hydrogen) atoms. The number of hydrogen-bond acceptors (Lipinski definition) is 6. The van der Waals surface area contributed by atoms with Crippen LogP contribution in [0.4, 0.5) is 4.39 Å². The molecule has 8 heteroatoms. The minimum absolute atomic E-state index is 0.331. The highest BCUT2D eigenvalue weighted by Crippen LogP contribution is 2.34. The highest BCUT2D eigenvalue weighted by molar-refractivity contribution is 7.80. The summed E-state index contributed by atoms with van der Waals surface area (Å²) in [5.41, 5.74) is 2.08. The van der Waals surface area contributed by atoms with Gasteiger partial charge in [-0.2, -0.15) is 12.6 Å². The van der Waals surface area contributed by atoms with Crippen molar-refractivity contribution in [1.82, 2.24) is 5.32 Å². The molecule has 4 unspecified atom stereocenters. The van der Waals surface area contributed by atoms with Gasteiger partial charge in [0.05, 0.1) is 17.1 Å². The second kappa shape index (κ2) is 8.52. The molecule has 0 radical (unpaired) electrons. The molecule has 4 atom stereocenters. The average molecular weight is 398 g/mol. The number of nitrogens with one attached hydrogen (secondary N) is 1. The maximum atomic E-state index is 13.5. The van der Waals surface area contributed by atoms with E-state index in [1.807, 2.05) is 6.08 Å². The minimum Gasteiger partial charge on any atom is -0.364 e. The smallest absolute Gasteiger partial charge is 0.180 e. The zero-order valence-corrected chi connectivity index (χ0v) is 15.9. The fourth-order valence-corrected chi connectivity index (χ4v) is 3.82. The number of aliphatic imine (C=N–C) groups is 2. The normalized spacial score (nSPS) is 29.7. The standard InChI is InChI=1S/C18H21ClFN3O2S/c1-25-18(24)15-14(9-26)22-17(13-4-2-3-7-21-13)23-16(15)11-6-5-10(20)8-12(11)19/h3,5-8,11-12,16,18,24,26H,2,4,9H2,1H3,(H,22,23). The van der Waals surface area contributed by atoms with Crippen molar-refractivity contribution in [3.63, 3.8) is 0 Å². The van der Waals surface area contributed by atoms with Gasteiger partial charge in [0.25, 0.3) is 0 Å². The Balaban J connectivity index is 2.03. The average Bonchev–Trinajstić information content (AvgIpc) is 2.67. The van der Waals surface area contributed by atoms with Gasteiger partial charge in [0.15, 0.2) is 6.29 Å². The molecular formula is C18H21ClFN3O2S. The van der Waals surface area contributed by atoms with Crippen LogP contribution >= 0.6 is 24.2 Å². The predicted molar refractivity (Wildman–Crippen MR) is 106 cm³/mol. The molecule has 0 bridgehead atoms. The quantitative estimate of drug-likeness (QED) is 0.379. The fraction of sp³-hybridized carbons (Fsp3) is 0.444. The lowest BCUT2D eigenvalue weighted by Gasteiger charge is -2.35. The molecule has 0 aromatic heterocycles. The van der Waals surface area contributed by atoms with Crippen molar-refractivity contribution in [2.75, 3.05) is 12.9 Å². The molecule has 3 rings (SSSR count). The Morgan fingerprint density at radius 3 is 2.96 bits per heavy atom. The Kier molecular flexibility index (Phi) is 6.34. The first kappa shape index (κ1) is 19.4. The van der Waals surface area contributed by atoms with Gasteiger partial charge in [-0.15, -0.1) is 11.6 Å². The molecule has 0 fully saturated rings. The van der Waals surface area contributed by atoms with Gasteiger partial charge >= 0.3 is 0 Å². The summed E-state index contributed by atoms with van der Waals surface area (Å²) in [7, 11) is 1.41. The van der Waals surface area contributed by atoms with E-state index in [9.17, 15) is 9.50 Å². The Labute approximate surface area is 162 Å². The molecule has 3 aliphatic rings. The fourth-order valence-electron chi connectivity index (χ4n) is 3.22. The summed E-state index contributed by atoms with van der Waals surface area (Å²) in [6.07, 6.45) is 8.63. The lowest BCUT2D eigenvalue weighted by Crippen LogP contribution is -2.45. The molecular weight excluding hydrogens is 377 g/mol. The number of aliphatic hydroxyl groups excluding tert-OH is 1. The van der Waals surface area contributed by atoms with Crippen molar-refractivity contribution in [2.45, 2.75) is 30.6 Å². The summed E-state index contributed by atoms with van der Waals surface area (Å²) in [4.78, 5) is 9.18. The summed E-state index contributed by atoms with van der Waals surface area (Å²) in [6, 6.07) is -0.514. The van der Waals surface area contributed by atoms with Crippen LogP contribution in [0.5, 0.6) is 0 Å². The number of allylic oxidation sites excluding steroid dienone is 4. The monoisotopic (exact) mass is 397 g/mol. The van der Waals surface area contributed by atoms with E-state index in [2.05, 4.69) is 22.9 Å². The molecule has 0 amide bonds. The van der Waals surface area contributed by atoms with E-state index in [4.69, 9.17) is 21.3 Å². The van der Waals surface area contributed by atoms with Crippen LogP contribution in [0.3, 0.4) is 0 Å². The molecule has 0 aromatic carbocycles. The topological polar surface area (TPSA) is 66.2 Å². The molecule has 0 saturated heterocycles. The van der Waals surface area contributed by atoms with Crippen molar-refractivity contribution >= 4 is 35.8 Å². The number of alkyl halides is 1. The zero-order chi connectivity index (χ0) is 18.7. The number of thiol groups is 1. The summed E-state index contributed by atoms with van der Waals surface area (Å²) in [6.45, 7) is 0. The van der Waals surface area contributed by atoms with E-state index in [0.29, 0.717) is 22.9 Å².